The van der Waals surface area contributed by atoms with Crippen LogP contribution in [0, 0.1) is 0 Å². The molecule has 0 aromatic carbocycles. The second kappa shape index (κ2) is 4.96. The van der Waals surface area contributed by atoms with Crippen LogP contribution in [-0.2, 0) is 0 Å². The van der Waals surface area contributed by atoms with E-state index >= 15 is 0 Å². The van der Waals surface area contributed by atoms with Gasteiger partial charge in [-0.2, -0.15) is 0 Å². The Morgan fingerprint density at radius 3 is 2.93 bits per heavy atom. The number of nitrogens with zero attached hydrogens (tertiary/aromatic N) is 3. The number of hydrogen-bond acceptors (Lipinski definition) is 3. The van der Waals surface area contributed by atoms with Gasteiger partial charge in [0.2, 0.25) is 0 Å². The van der Waals surface area contributed by atoms with Crippen LogP contribution in [-0.4, -0.2) is 20.5 Å². The van der Waals surface area contributed by atoms with Gasteiger partial charge in [0.15, 0.2) is 0 Å². The summed E-state index contributed by atoms with van der Waals surface area (Å²) in [7, 11) is 0. The number of hydrogen-bond donors (Lipinski definition) is 1. The molecule has 1 atom stereocenters. The Kier molecular flexibility index (Phi) is 3.37. The van der Waals surface area contributed by atoms with Crippen LogP contribution in [0.5, 0.6) is 0 Å². The van der Waals surface area contributed by atoms with Crippen LogP contribution < -0.4 is 0 Å². The van der Waals surface area contributed by atoms with Crippen LogP contribution in [0.4, 0.5) is 0 Å². The first kappa shape index (κ1) is 10.2. The molecule has 0 aliphatic heterocycles. The third kappa shape index (κ3) is 2.37. The molecule has 1 aromatic rings. The summed E-state index contributed by atoms with van der Waals surface area (Å²) in [5.74, 6) is 0. The maximum atomic E-state index is 9.03. The van der Waals surface area contributed by atoms with Crippen molar-refractivity contribution in [3.8, 4) is 0 Å². The van der Waals surface area contributed by atoms with Gasteiger partial charge in [0, 0.05) is 12.4 Å². The van der Waals surface area contributed by atoms with Crippen molar-refractivity contribution in [2.75, 3.05) is 0 Å². The first-order valence-corrected chi connectivity index (χ1v) is 5.60. The first-order valence-electron chi connectivity index (χ1n) is 5.60. The number of oxime groups is 1. The van der Waals surface area contributed by atoms with E-state index in [-0.39, 0.29) is 6.04 Å². The molecule has 0 spiro atoms. The molecule has 1 aliphatic rings. The lowest BCUT2D eigenvalue weighted by Crippen LogP contribution is -2.20. The predicted octanol–water partition coefficient (Wildman–Crippen LogP) is 2.61. The molecule has 0 radical (unpaired) electrons. The van der Waals surface area contributed by atoms with E-state index in [2.05, 4.69) is 10.1 Å². The molecule has 0 saturated heterocycles. The minimum absolute atomic E-state index is 0.206. The zero-order valence-corrected chi connectivity index (χ0v) is 8.84. The van der Waals surface area contributed by atoms with Gasteiger partial charge in [-0.15, -0.1) is 0 Å². The Hall–Kier alpha value is -1.32. The lowest BCUT2D eigenvalue weighted by molar-refractivity contribution is 0.310. The lowest BCUT2D eigenvalue weighted by Gasteiger charge is -2.21. The first-order chi connectivity index (χ1) is 7.42. The molecular weight excluding hydrogens is 190 g/mol. The van der Waals surface area contributed by atoms with Gasteiger partial charge in [0.05, 0.1) is 18.1 Å². The number of imidazole rings is 1. The Bertz CT molecular complexity index is 319. The summed E-state index contributed by atoms with van der Waals surface area (Å²) >= 11 is 0. The molecule has 4 heteroatoms. The molecule has 1 saturated carbocycles. The minimum Gasteiger partial charge on any atom is -0.411 e. The second-order valence-electron chi connectivity index (χ2n) is 4.07. The van der Waals surface area contributed by atoms with Crippen molar-refractivity contribution in [3.63, 3.8) is 0 Å². The Morgan fingerprint density at radius 2 is 2.20 bits per heavy atom. The summed E-state index contributed by atoms with van der Waals surface area (Å²) in [6.07, 6.45) is 12.3. The van der Waals surface area contributed by atoms with Crippen molar-refractivity contribution in [3.05, 3.63) is 18.7 Å². The average molecular weight is 207 g/mol. The van der Waals surface area contributed by atoms with Gasteiger partial charge in [-0.05, 0) is 19.3 Å². The highest BCUT2D eigenvalue weighted by Crippen LogP contribution is 2.24. The third-order valence-electron chi connectivity index (χ3n) is 3.06. The van der Waals surface area contributed by atoms with Gasteiger partial charge in [0.25, 0.3) is 0 Å². The van der Waals surface area contributed by atoms with Gasteiger partial charge in [-0.1, -0.05) is 24.4 Å². The second-order valence-corrected chi connectivity index (χ2v) is 4.07. The molecule has 1 heterocycles. The summed E-state index contributed by atoms with van der Waals surface area (Å²) < 4.78 is 2.04. The van der Waals surface area contributed by atoms with Crippen molar-refractivity contribution < 1.29 is 5.21 Å². The van der Waals surface area contributed by atoms with Gasteiger partial charge in [-0.3, -0.25) is 0 Å². The van der Waals surface area contributed by atoms with Gasteiger partial charge in [-0.25, -0.2) is 4.98 Å². The Morgan fingerprint density at radius 1 is 1.33 bits per heavy atom. The molecule has 0 bridgehead atoms. The van der Waals surface area contributed by atoms with Crippen LogP contribution in [0.3, 0.4) is 0 Å². The Balaban J connectivity index is 2.17. The topological polar surface area (TPSA) is 50.4 Å². The van der Waals surface area contributed by atoms with Crippen molar-refractivity contribution >= 4 is 5.71 Å². The molecule has 15 heavy (non-hydrogen) atoms. The quantitative estimate of drug-likeness (QED) is 0.568. The fraction of sp³-hybridized carbons (Fsp3) is 0.636. The van der Waals surface area contributed by atoms with Crippen molar-refractivity contribution in [2.24, 2.45) is 5.16 Å². The lowest BCUT2D eigenvalue weighted by atomic mass is 9.95. The largest absolute Gasteiger partial charge is 0.411 e. The van der Waals surface area contributed by atoms with Crippen LogP contribution in [0.25, 0.3) is 0 Å². The molecule has 1 fully saturated rings. The summed E-state index contributed by atoms with van der Waals surface area (Å²) in [5.41, 5.74) is 0.896. The summed E-state index contributed by atoms with van der Waals surface area (Å²) in [5, 5.41) is 12.5. The summed E-state index contributed by atoms with van der Waals surface area (Å²) in [4.78, 5) is 4.05. The van der Waals surface area contributed by atoms with Gasteiger partial charge >= 0.3 is 0 Å². The van der Waals surface area contributed by atoms with Crippen molar-refractivity contribution in [1.82, 2.24) is 9.55 Å². The molecule has 0 unspecified atom stereocenters. The zero-order chi connectivity index (χ0) is 10.5. The van der Waals surface area contributed by atoms with Crippen molar-refractivity contribution in [1.29, 1.82) is 0 Å². The highest BCUT2D eigenvalue weighted by atomic mass is 16.4. The third-order valence-corrected chi connectivity index (χ3v) is 3.06. The average Bonchev–Trinajstić information content (AvgIpc) is 2.71. The van der Waals surface area contributed by atoms with E-state index in [1.54, 1.807) is 12.5 Å². The minimum atomic E-state index is 0.206. The van der Waals surface area contributed by atoms with E-state index in [1.807, 2.05) is 10.8 Å². The molecule has 1 aliphatic carbocycles. The van der Waals surface area contributed by atoms with E-state index in [0.717, 1.165) is 25.0 Å². The normalized spacial score (nSPS) is 26.1. The van der Waals surface area contributed by atoms with E-state index in [9.17, 15) is 0 Å². The van der Waals surface area contributed by atoms with E-state index < -0.39 is 0 Å². The van der Waals surface area contributed by atoms with Gasteiger partial charge < -0.3 is 9.77 Å². The molecule has 1 aromatic heterocycles. The Labute approximate surface area is 89.6 Å². The summed E-state index contributed by atoms with van der Waals surface area (Å²) in [6, 6.07) is 0.206. The SMILES string of the molecule is O/N=C1/CCCCCC[C@H]1n1ccnc1. The standard InChI is InChI=1S/C11H17N3O/c15-13-10-5-3-1-2-4-6-11(10)14-8-7-12-9-14/h7-9,11,15H,1-6H2/b13-10-/t11-/m1/s1. The highest BCUT2D eigenvalue weighted by Gasteiger charge is 2.19. The summed E-state index contributed by atoms with van der Waals surface area (Å²) in [6.45, 7) is 0. The molecule has 0 amide bonds. The van der Waals surface area contributed by atoms with E-state index in [0.29, 0.717) is 0 Å². The number of rotatable bonds is 1. The molecule has 1 N–H and O–H groups in total. The monoisotopic (exact) mass is 207 g/mol. The fourth-order valence-corrected chi connectivity index (χ4v) is 2.22. The van der Waals surface area contributed by atoms with Gasteiger partial charge in [0.1, 0.15) is 0 Å². The maximum Gasteiger partial charge on any atom is 0.0952 e. The maximum absolute atomic E-state index is 9.03. The molecule has 2 rings (SSSR count). The fourth-order valence-electron chi connectivity index (χ4n) is 2.22. The van der Waals surface area contributed by atoms with Crippen molar-refractivity contribution in [2.45, 2.75) is 44.6 Å². The van der Waals surface area contributed by atoms with Crippen LogP contribution in [0.2, 0.25) is 0 Å². The van der Waals surface area contributed by atoms with Crippen LogP contribution in [0.1, 0.15) is 44.6 Å². The molecular formula is C11H17N3O. The number of aromatic nitrogens is 2. The van der Waals surface area contributed by atoms with Crippen LogP contribution in [0.15, 0.2) is 23.9 Å². The predicted molar refractivity (Wildman–Crippen MR) is 58.2 cm³/mol. The smallest absolute Gasteiger partial charge is 0.0952 e. The van der Waals surface area contributed by atoms with E-state index in [1.165, 1.54) is 19.3 Å². The highest BCUT2D eigenvalue weighted by molar-refractivity contribution is 5.87. The van der Waals surface area contributed by atoms with E-state index in [4.69, 9.17) is 5.21 Å². The molecule has 4 nitrogen and oxygen atoms in total. The molecule has 82 valence electrons. The zero-order valence-electron chi connectivity index (χ0n) is 8.84. The van der Waals surface area contributed by atoms with Crippen LogP contribution >= 0.6 is 0 Å².